The van der Waals surface area contributed by atoms with Gasteiger partial charge < -0.3 is 10.2 Å². The Morgan fingerprint density at radius 1 is 1.19 bits per heavy atom. The molecule has 0 radical (unpaired) electrons. The lowest BCUT2D eigenvalue weighted by Crippen LogP contribution is -2.00. The molecule has 0 amide bonds. The van der Waals surface area contributed by atoms with Crippen molar-refractivity contribution in [2.24, 2.45) is 7.05 Å². The molecule has 0 unspecified atom stereocenters. The Bertz CT molecular complexity index is 1110. The van der Waals surface area contributed by atoms with Crippen molar-refractivity contribution in [1.82, 2.24) is 24.7 Å². The standard InChI is InChI=1S/C18H13N7O/c1-25-10-12(9-23-25)15-5-13(14(6-19)17(20)24-15)11-7-21-18(22-8-11)16-3-2-4-26-16/h2-5,7-10H,1H3,(H2,20,24). The summed E-state index contributed by atoms with van der Waals surface area (Å²) in [5.74, 6) is 1.19. The molecular weight excluding hydrogens is 330 g/mol. The summed E-state index contributed by atoms with van der Waals surface area (Å²) in [4.78, 5) is 13.0. The molecule has 4 aromatic heterocycles. The van der Waals surface area contributed by atoms with Crippen LogP contribution in [0.5, 0.6) is 0 Å². The molecule has 0 fully saturated rings. The largest absolute Gasteiger partial charge is 0.461 e. The van der Waals surface area contributed by atoms with Gasteiger partial charge in [-0.1, -0.05) is 0 Å². The number of furan rings is 1. The van der Waals surface area contributed by atoms with Crippen LogP contribution in [0.3, 0.4) is 0 Å². The summed E-state index contributed by atoms with van der Waals surface area (Å²) < 4.78 is 6.96. The van der Waals surface area contributed by atoms with Crippen molar-refractivity contribution >= 4 is 5.82 Å². The molecular formula is C18H13N7O. The van der Waals surface area contributed by atoms with E-state index in [9.17, 15) is 5.26 Å². The second-order valence-corrected chi connectivity index (χ2v) is 5.60. The fourth-order valence-corrected chi connectivity index (χ4v) is 2.61. The molecule has 126 valence electrons. The highest BCUT2D eigenvalue weighted by atomic mass is 16.3. The predicted molar refractivity (Wildman–Crippen MR) is 94.3 cm³/mol. The summed E-state index contributed by atoms with van der Waals surface area (Å²) in [6.45, 7) is 0. The van der Waals surface area contributed by atoms with Crippen LogP contribution in [0.4, 0.5) is 5.82 Å². The minimum Gasteiger partial charge on any atom is -0.461 e. The molecule has 4 aromatic rings. The van der Waals surface area contributed by atoms with Gasteiger partial charge in [0.1, 0.15) is 17.5 Å². The van der Waals surface area contributed by atoms with Gasteiger partial charge in [-0.25, -0.2) is 15.0 Å². The molecule has 4 heterocycles. The van der Waals surface area contributed by atoms with E-state index in [-0.39, 0.29) is 11.4 Å². The number of hydrogen-bond donors (Lipinski definition) is 1. The van der Waals surface area contributed by atoms with Gasteiger partial charge in [0.25, 0.3) is 0 Å². The summed E-state index contributed by atoms with van der Waals surface area (Å²) in [7, 11) is 1.82. The molecule has 26 heavy (non-hydrogen) atoms. The van der Waals surface area contributed by atoms with Crippen LogP contribution in [0.15, 0.2) is 53.7 Å². The number of pyridine rings is 1. The number of nitrogens with zero attached hydrogens (tertiary/aromatic N) is 6. The van der Waals surface area contributed by atoms with Crippen LogP contribution in [0.1, 0.15) is 5.56 Å². The van der Waals surface area contributed by atoms with E-state index in [0.717, 1.165) is 5.56 Å². The lowest BCUT2D eigenvalue weighted by molar-refractivity contribution is 0.577. The van der Waals surface area contributed by atoms with Crippen molar-refractivity contribution in [1.29, 1.82) is 5.26 Å². The Balaban J connectivity index is 1.82. The first-order valence-corrected chi connectivity index (χ1v) is 7.71. The molecule has 0 spiro atoms. The van der Waals surface area contributed by atoms with Crippen molar-refractivity contribution in [2.75, 3.05) is 5.73 Å². The lowest BCUT2D eigenvalue weighted by Gasteiger charge is -2.09. The maximum absolute atomic E-state index is 9.49. The van der Waals surface area contributed by atoms with Gasteiger partial charge in [-0.05, 0) is 18.2 Å². The number of nitrogen functional groups attached to an aromatic ring is 1. The van der Waals surface area contributed by atoms with Crippen LogP contribution in [0, 0.1) is 11.3 Å². The molecule has 4 rings (SSSR count). The minimum absolute atomic E-state index is 0.152. The maximum atomic E-state index is 9.49. The van der Waals surface area contributed by atoms with Crippen LogP contribution in [-0.2, 0) is 7.05 Å². The number of aromatic nitrogens is 5. The summed E-state index contributed by atoms with van der Waals surface area (Å²) in [5, 5.41) is 13.6. The molecule has 0 aliphatic heterocycles. The smallest absolute Gasteiger partial charge is 0.195 e. The van der Waals surface area contributed by atoms with Crippen molar-refractivity contribution in [2.45, 2.75) is 0 Å². The van der Waals surface area contributed by atoms with Crippen molar-refractivity contribution < 1.29 is 4.42 Å². The highest BCUT2D eigenvalue weighted by Crippen LogP contribution is 2.30. The van der Waals surface area contributed by atoms with E-state index >= 15 is 0 Å². The van der Waals surface area contributed by atoms with Crippen molar-refractivity contribution in [3.8, 4) is 40.0 Å². The van der Waals surface area contributed by atoms with Gasteiger partial charge in [0.15, 0.2) is 11.6 Å². The predicted octanol–water partition coefficient (Wildman–Crippen LogP) is 2.65. The molecule has 0 saturated carbocycles. The molecule has 0 aromatic carbocycles. The molecule has 0 aliphatic carbocycles. The van der Waals surface area contributed by atoms with Crippen LogP contribution in [0.25, 0.3) is 34.0 Å². The van der Waals surface area contributed by atoms with Gasteiger partial charge in [-0.15, -0.1) is 0 Å². The molecule has 0 aliphatic rings. The number of nitrogens with two attached hydrogens (primary N) is 1. The Morgan fingerprint density at radius 2 is 2.00 bits per heavy atom. The minimum atomic E-state index is 0.152. The third-order valence-electron chi connectivity index (χ3n) is 3.86. The Hall–Kier alpha value is -3.99. The fourth-order valence-electron chi connectivity index (χ4n) is 2.61. The first-order valence-electron chi connectivity index (χ1n) is 7.71. The van der Waals surface area contributed by atoms with E-state index in [1.165, 1.54) is 0 Å². The Kier molecular flexibility index (Phi) is 3.67. The van der Waals surface area contributed by atoms with E-state index in [1.807, 2.05) is 13.2 Å². The van der Waals surface area contributed by atoms with Gasteiger partial charge in [-0.2, -0.15) is 10.4 Å². The average molecular weight is 343 g/mol. The van der Waals surface area contributed by atoms with E-state index in [4.69, 9.17) is 10.2 Å². The first-order chi connectivity index (χ1) is 12.7. The van der Waals surface area contributed by atoms with E-state index < -0.39 is 0 Å². The molecule has 0 saturated heterocycles. The van der Waals surface area contributed by atoms with Gasteiger partial charge >= 0.3 is 0 Å². The zero-order chi connectivity index (χ0) is 18.1. The van der Waals surface area contributed by atoms with Gasteiger partial charge in [0, 0.05) is 42.3 Å². The normalized spacial score (nSPS) is 10.6. The van der Waals surface area contributed by atoms with E-state index in [0.29, 0.717) is 28.4 Å². The highest BCUT2D eigenvalue weighted by molar-refractivity contribution is 5.79. The molecule has 8 heteroatoms. The zero-order valence-corrected chi connectivity index (χ0v) is 13.8. The topological polar surface area (TPSA) is 119 Å². The second-order valence-electron chi connectivity index (χ2n) is 5.60. The van der Waals surface area contributed by atoms with Gasteiger partial charge in [0.2, 0.25) is 0 Å². The number of hydrogen-bond acceptors (Lipinski definition) is 7. The van der Waals surface area contributed by atoms with Crippen LogP contribution in [-0.4, -0.2) is 24.7 Å². The molecule has 2 N–H and O–H groups in total. The molecule has 0 bridgehead atoms. The van der Waals surface area contributed by atoms with Crippen LogP contribution < -0.4 is 5.73 Å². The number of rotatable bonds is 3. The summed E-state index contributed by atoms with van der Waals surface area (Å²) >= 11 is 0. The highest BCUT2D eigenvalue weighted by Gasteiger charge is 2.15. The van der Waals surface area contributed by atoms with Crippen LogP contribution >= 0.6 is 0 Å². The van der Waals surface area contributed by atoms with E-state index in [2.05, 4.69) is 26.1 Å². The number of aryl methyl sites for hydroxylation is 1. The van der Waals surface area contributed by atoms with Gasteiger partial charge in [-0.3, -0.25) is 4.68 Å². The van der Waals surface area contributed by atoms with Crippen molar-refractivity contribution in [3.05, 3.63) is 54.8 Å². The second kappa shape index (κ2) is 6.14. The average Bonchev–Trinajstić information content (AvgIpc) is 3.33. The monoisotopic (exact) mass is 343 g/mol. The number of anilines is 1. The number of nitriles is 1. The summed E-state index contributed by atoms with van der Waals surface area (Å²) in [5.41, 5.74) is 9.00. The quantitative estimate of drug-likeness (QED) is 0.607. The summed E-state index contributed by atoms with van der Waals surface area (Å²) in [6, 6.07) is 7.44. The summed E-state index contributed by atoms with van der Waals surface area (Å²) in [6.07, 6.45) is 8.34. The van der Waals surface area contributed by atoms with Gasteiger partial charge in [0.05, 0.1) is 18.2 Å². The Labute approximate surface area is 148 Å². The lowest BCUT2D eigenvalue weighted by atomic mass is 10.0. The third kappa shape index (κ3) is 2.67. The van der Waals surface area contributed by atoms with Crippen LogP contribution in [0.2, 0.25) is 0 Å². The Morgan fingerprint density at radius 3 is 2.62 bits per heavy atom. The van der Waals surface area contributed by atoms with Crippen molar-refractivity contribution in [3.63, 3.8) is 0 Å². The molecule has 0 atom stereocenters. The zero-order valence-electron chi connectivity index (χ0n) is 13.8. The SMILES string of the molecule is Cn1cc(-c2cc(-c3cnc(-c4ccco4)nc3)c(C#N)c(N)n2)cn1. The van der Waals surface area contributed by atoms with E-state index in [1.54, 1.807) is 47.7 Å². The fraction of sp³-hybridized carbons (Fsp3) is 0.0556. The first kappa shape index (κ1) is 15.5. The molecule has 8 nitrogen and oxygen atoms in total. The maximum Gasteiger partial charge on any atom is 0.195 e. The third-order valence-corrected chi connectivity index (χ3v) is 3.86.